The summed E-state index contributed by atoms with van der Waals surface area (Å²) in [5.74, 6) is 0. The van der Waals surface area contributed by atoms with E-state index in [2.05, 4.69) is 9.97 Å². The number of halogens is 2. The standard InChI is InChI=1S/C13H9Cl2N3O2S/c14-9-4-6(11(15)21-9)10(16)5-1-2-7-8(3-5)18-13(20)12(19)17-7/h1-4,10H,16H2,(H,17,19)(H,18,20). The van der Waals surface area contributed by atoms with Crippen LogP contribution in [-0.2, 0) is 0 Å². The van der Waals surface area contributed by atoms with E-state index in [0.29, 0.717) is 19.7 Å². The highest BCUT2D eigenvalue weighted by Crippen LogP contribution is 2.36. The summed E-state index contributed by atoms with van der Waals surface area (Å²) < 4.78 is 1.09. The molecule has 3 rings (SSSR count). The molecule has 0 fully saturated rings. The maximum Gasteiger partial charge on any atom is 0.314 e. The number of fused-ring (bicyclic) bond motifs is 1. The third-order valence-corrected chi connectivity index (χ3v) is 4.64. The normalized spacial score (nSPS) is 12.7. The number of nitrogens with one attached hydrogen (secondary N) is 2. The van der Waals surface area contributed by atoms with Gasteiger partial charge in [0, 0.05) is 5.56 Å². The van der Waals surface area contributed by atoms with Gasteiger partial charge in [0.05, 0.1) is 25.7 Å². The lowest BCUT2D eigenvalue weighted by molar-refractivity contribution is 0.878. The molecule has 0 aliphatic carbocycles. The van der Waals surface area contributed by atoms with Gasteiger partial charge in [-0.15, -0.1) is 11.3 Å². The molecule has 8 heteroatoms. The van der Waals surface area contributed by atoms with Crippen molar-refractivity contribution in [2.24, 2.45) is 5.73 Å². The average Bonchev–Trinajstić information content (AvgIpc) is 2.78. The monoisotopic (exact) mass is 341 g/mol. The zero-order valence-corrected chi connectivity index (χ0v) is 12.8. The van der Waals surface area contributed by atoms with Crippen LogP contribution in [-0.4, -0.2) is 9.97 Å². The largest absolute Gasteiger partial charge is 0.320 e. The van der Waals surface area contributed by atoms with Crippen molar-refractivity contribution in [1.29, 1.82) is 0 Å². The Labute approximate surface area is 132 Å². The Hall–Kier alpha value is -1.60. The Bertz CT molecular complexity index is 944. The number of H-pyrrole nitrogens is 2. The Morgan fingerprint density at radius 2 is 1.71 bits per heavy atom. The molecular weight excluding hydrogens is 333 g/mol. The van der Waals surface area contributed by atoms with Gasteiger partial charge < -0.3 is 15.7 Å². The van der Waals surface area contributed by atoms with Gasteiger partial charge in [-0.1, -0.05) is 29.3 Å². The minimum absolute atomic E-state index is 0.471. The Morgan fingerprint density at radius 1 is 1.05 bits per heavy atom. The highest BCUT2D eigenvalue weighted by molar-refractivity contribution is 7.20. The van der Waals surface area contributed by atoms with Crippen molar-refractivity contribution in [2.75, 3.05) is 0 Å². The first-order valence-corrected chi connectivity index (χ1v) is 7.49. The quantitative estimate of drug-likeness (QED) is 0.625. The molecule has 0 amide bonds. The number of aromatic amines is 2. The molecule has 0 saturated carbocycles. The SMILES string of the molecule is NC(c1ccc2[nH]c(=O)c(=O)[nH]c2c1)c1cc(Cl)sc1Cl. The number of aromatic nitrogens is 2. The maximum absolute atomic E-state index is 11.4. The molecule has 1 atom stereocenters. The van der Waals surface area contributed by atoms with Gasteiger partial charge in [-0.25, -0.2) is 0 Å². The second-order valence-corrected chi connectivity index (χ2v) is 6.76. The fourth-order valence-corrected chi connectivity index (χ4v) is 3.62. The smallest absolute Gasteiger partial charge is 0.314 e. The number of benzene rings is 1. The van der Waals surface area contributed by atoms with Gasteiger partial charge in [0.15, 0.2) is 0 Å². The molecule has 108 valence electrons. The van der Waals surface area contributed by atoms with Crippen LogP contribution in [0.1, 0.15) is 17.2 Å². The lowest BCUT2D eigenvalue weighted by Crippen LogP contribution is -2.29. The van der Waals surface area contributed by atoms with E-state index >= 15 is 0 Å². The van der Waals surface area contributed by atoms with Crippen molar-refractivity contribution in [1.82, 2.24) is 9.97 Å². The Balaban J connectivity index is 2.12. The summed E-state index contributed by atoms with van der Waals surface area (Å²) in [4.78, 5) is 27.6. The third-order valence-electron chi connectivity index (χ3n) is 3.12. The van der Waals surface area contributed by atoms with Crippen LogP contribution in [0.4, 0.5) is 0 Å². The molecule has 0 aliphatic heterocycles. The van der Waals surface area contributed by atoms with Gasteiger partial charge in [-0.3, -0.25) is 9.59 Å². The highest BCUT2D eigenvalue weighted by atomic mass is 35.5. The molecule has 3 aromatic rings. The van der Waals surface area contributed by atoms with Gasteiger partial charge in [-0.2, -0.15) is 0 Å². The summed E-state index contributed by atoms with van der Waals surface area (Å²) >= 11 is 13.3. The van der Waals surface area contributed by atoms with Crippen LogP contribution in [0.15, 0.2) is 33.9 Å². The van der Waals surface area contributed by atoms with Gasteiger partial charge in [0.1, 0.15) is 0 Å². The topological polar surface area (TPSA) is 91.7 Å². The summed E-state index contributed by atoms with van der Waals surface area (Å²) in [5, 5.41) is 0. The zero-order valence-electron chi connectivity index (χ0n) is 10.4. The summed E-state index contributed by atoms with van der Waals surface area (Å²) in [6.45, 7) is 0. The second-order valence-electron chi connectivity index (χ2n) is 4.47. The molecule has 5 nitrogen and oxygen atoms in total. The molecule has 0 aliphatic rings. The Kier molecular flexibility index (Phi) is 3.62. The molecule has 4 N–H and O–H groups in total. The number of hydrogen-bond acceptors (Lipinski definition) is 4. The van der Waals surface area contributed by atoms with Gasteiger partial charge in [0.2, 0.25) is 0 Å². The van der Waals surface area contributed by atoms with E-state index in [4.69, 9.17) is 28.9 Å². The molecule has 1 unspecified atom stereocenters. The number of thiophene rings is 1. The van der Waals surface area contributed by atoms with Gasteiger partial charge in [-0.05, 0) is 23.8 Å². The zero-order chi connectivity index (χ0) is 15.1. The van der Waals surface area contributed by atoms with E-state index in [0.717, 1.165) is 11.1 Å². The predicted molar refractivity (Wildman–Crippen MR) is 85.6 cm³/mol. The van der Waals surface area contributed by atoms with E-state index in [1.807, 2.05) is 0 Å². The first kappa shape index (κ1) is 14.3. The molecule has 0 radical (unpaired) electrons. The van der Waals surface area contributed by atoms with Crippen molar-refractivity contribution in [3.8, 4) is 0 Å². The summed E-state index contributed by atoms with van der Waals surface area (Å²) in [7, 11) is 0. The van der Waals surface area contributed by atoms with E-state index in [9.17, 15) is 9.59 Å². The number of hydrogen-bond donors (Lipinski definition) is 3. The average molecular weight is 342 g/mol. The van der Waals surface area contributed by atoms with E-state index in [1.165, 1.54) is 11.3 Å². The number of nitrogens with two attached hydrogens (primary N) is 1. The molecule has 2 aromatic heterocycles. The van der Waals surface area contributed by atoms with Crippen LogP contribution in [0.5, 0.6) is 0 Å². The van der Waals surface area contributed by atoms with Crippen molar-refractivity contribution >= 4 is 45.6 Å². The fraction of sp³-hybridized carbons (Fsp3) is 0.0769. The van der Waals surface area contributed by atoms with E-state index < -0.39 is 17.2 Å². The summed E-state index contributed by atoms with van der Waals surface area (Å²) in [6, 6.07) is 6.41. The van der Waals surface area contributed by atoms with Crippen molar-refractivity contribution < 1.29 is 0 Å². The minimum atomic E-state index is -0.704. The Morgan fingerprint density at radius 3 is 2.33 bits per heavy atom. The highest BCUT2D eigenvalue weighted by Gasteiger charge is 2.16. The first-order chi connectivity index (χ1) is 9.95. The lowest BCUT2D eigenvalue weighted by atomic mass is 10.0. The first-order valence-electron chi connectivity index (χ1n) is 5.92. The molecular formula is C13H9Cl2N3O2S. The van der Waals surface area contributed by atoms with Crippen LogP contribution in [0, 0.1) is 0 Å². The molecule has 2 heterocycles. The summed E-state index contributed by atoms with van der Waals surface area (Å²) in [6.07, 6.45) is 0. The summed E-state index contributed by atoms with van der Waals surface area (Å²) in [5.41, 5.74) is 7.31. The van der Waals surface area contributed by atoms with Crippen molar-refractivity contribution in [3.63, 3.8) is 0 Å². The van der Waals surface area contributed by atoms with Crippen LogP contribution < -0.4 is 16.9 Å². The molecule has 0 saturated heterocycles. The van der Waals surface area contributed by atoms with Crippen LogP contribution in [0.2, 0.25) is 8.67 Å². The molecule has 0 bridgehead atoms. The van der Waals surface area contributed by atoms with Crippen LogP contribution >= 0.6 is 34.5 Å². The van der Waals surface area contributed by atoms with Crippen molar-refractivity contribution in [2.45, 2.75) is 6.04 Å². The predicted octanol–water partition coefficient (Wildman–Crippen LogP) is 2.63. The van der Waals surface area contributed by atoms with E-state index in [1.54, 1.807) is 24.3 Å². The van der Waals surface area contributed by atoms with Crippen LogP contribution in [0.25, 0.3) is 11.0 Å². The fourth-order valence-electron chi connectivity index (χ4n) is 2.07. The van der Waals surface area contributed by atoms with Gasteiger partial charge >= 0.3 is 11.1 Å². The third kappa shape index (κ3) is 2.63. The lowest BCUT2D eigenvalue weighted by Gasteiger charge is -2.12. The number of rotatable bonds is 2. The molecule has 1 aromatic carbocycles. The maximum atomic E-state index is 11.4. The minimum Gasteiger partial charge on any atom is -0.320 e. The molecule has 0 spiro atoms. The second kappa shape index (κ2) is 5.31. The van der Waals surface area contributed by atoms with Crippen LogP contribution in [0.3, 0.4) is 0 Å². The van der Waals surface area contributed by atoms with E-state index in [-0.39, 0.29) is 0 Å². The van der Waals surface area contributed by atoms with Crippen molar-refractivity contribution in [3.05, 3.63) is 64.8 Å². The van der Waals surface area contributed by atoms with Gasteiger partial charge in [0.25, 0.3) is 0 Å². The molecule has 21 heavy (non-hydrogen) atoms.